The zero-order valence-electron chi connectivity index (χ0n) is 17.7. The lowest BCUT2D eigenvalue weighted by Gasteiger charge is -2.64. The molecule has 1 spiro atoms. The maximum atomic E-state index is 13.8. The molecule has 1 heterocycles. The van der Waals surface area contributed by atoms with Gasteiger partial charge in [-0.05, 0) is 31.1 Å². The van der Waals surface area contributed by atoms with Gasteiger partial charge in [-0.15, -0.1) is 0 Å². The molecule has 5 aliphatic rings. The van der Waals surface area contributed by atoms with Gasteiger partial charge in [-0.25, -0.2) is 0 Å². The Balaban J connectivity index is 1.74. The zero-order chi connectivity index (χ0) is 20.3. The molecular formula is C23H32O5. The number of hydrogen-bond acceptors (Lipinski definition) is 5. The van der Waals surface area contributed by atoms with Gasteiger partial charge in [0.2, 0.25) is 0 Å². The fraction of sp³-hybridized carbons (Fsp3) is 0.870. The van der Waals surface area contributed by atoms with Gasteiger partial charge in [-0.2, -0.15) is 0 Å². The van der Waals surface area contributed by atoms with Crippen molar-refractivity contribution in [3.8, 4) is 0 Å². The minimum absolute atomic E-state index is 0.123. The van der Waals surface area contributed by atoms with E-state index in [9.17, 15) is 14.4 Å². The van der Waals surface area contributed by atoms with E-state index in [-0.39, 0.29) is 35.2 Å². The predicted molar refractivity (Wildman–Crippen MR) is 101 cm³/mol. The molecule has 5 heteroatoms. The van der Waals surface area contributed by atoms with Gasteiger partial charge >= 0.3 is 0 Å². The average molecular weight is 389 g/mol. The molecule has 0 radical (unpaired) electrons. The quantitative estimate of drug-likeness (QED) is 0.688. The standard InChI is InChI=1S/C23H32O5/c1-19(2)15(25)7-6-14-22-11-10-20(3)16(26)8-9-21(20,4)17(22)13(24)12-23(14,19)28-18(22)27-5/h14,17-18H,6-12H2,1-5H3. The SMILES string of the molecule is COC1OC23CC(=O)C4C1(CCC1(C)C(=O)CCC41C)C2CCC(=O)C3(C)C. The van der Waals surface area contributed by atoms with Crippen molar-refractivity contribution in [2.24, 2.45) is 33.5 Å². The van der Waals surface area contributed by atoms with Gasteiger partial charge in [0.15, 0.2) is 6.29 Å². The number of methoxy groups -OCH3 is 1. The third-order valence-corrected chi connectivity index (χ3v) is 10.3. The second kappa shape index (κ2) is 5.15. The Bertz CT molecular complexity index is 801. The summed E-state index contributed by atoms with van der Waals surface area (Å²) < 4.78 is 12.6. The van der Waals surface area contributed by atoms with Crippen LogP contribution >= 0.6 is 0 Å². The Labute approximate surface area is 166 Å². The first-order chi connectivity index (χ1) is 13.0. The molecule has 0 aromatic rings. The summed E-state index contributed by atoms with van der Waals surface area (Å²) in [6, 6.07) is 0. The van der Waals surface area contributed by atoms with Gasteiger partial charge in [-0.3, -0.25) is 14.4 Å². The van der Waals surface area contributed by atoms with E-state index in [2.05, 4.69) is 13.8 Å². The first-order valence-electron chi connectivity index (χ1n) is 10.8. The Hall–Kier alpha value is -1.07. The van der Waals surface area contributed by atoms with Crippen LogP contribution in [0.3, 0.4) is 0 Å². The van der Waals surface area contributed by atoms with Crippen molar-refractivity contribution in [2.75, 3.05) is 7.11 Å². The summed E-state index contributed by atoms with van der Waals surface area (Å²) in [6.07, 6.45) is 3.93. The summed E-state index contributed by atoms with van der Waals surface area (Å²) in [5.41, 5.74) is -2.71. The van der Waals surface area contributed by atoms with E-state index in [0.717, 1.165) is 25.7 Å². The maximum Gasteiger partial charge on any atom is 0.164 e. The summed E-state index contributed by atoms with van der Waals surface area (Å²) in [5, 5.41) is 0. The molecule has 5 fully saturated rings. The van der Waals surface area contributed by atoms with Crippen molar-refractivity contribution in [1.82, 2.24) is 0 Å². The minimum atomic E-state index is -0.774. The van der Waals surface area contributed by atoms with Gasteiger partial charge in [0, 0.05) is 49.0 Å². The first kappa shape index (κ1) is 18.9. The van der Waals surface area contributed by atoms with Crippen LogP contribution in [0.25, 0.3) is 0 Å². The van der Waals surface area contributed by atoms with Crippen LogP contribution in [-0.4, -0.2) is 36.4 Å². The van der Waals surface area contributed by atoms with E-state index in [1.165, 1.54) is 0 Å². The Morgan fingerprint density at radius 3 is 2.36 bits per heavy atom. The third kappa shape index (κ3) is 1.65. The van der Waals surface area contributed by atoms with Crippen molar-refractivity contribution in [1.29, 1.82) is 0 Å². The molecule has 1 aliphatic heterocycles. The molecule has 0 aromatic heterocycles. The maximum absolute atomic E-state index is 13.8. The Morgan fingerprint density at radius 2 is 1.68 bits per heavy atom. The fourth-order valence-corrected chi connectivity index (χ4v) is 8.52. The minimum Gasteiger partial charge on any atom is -0.355 e. The summed E-state index contributed by atoms with van der Waals surface area (Å²) in [6.45, 7) is 8.15. The molecular weight excluding hydrogens is 356 g/mol. The lowest BCUT2D eigenvalue weighted by atomic mass is 9.37. The number of carbonyl (C=O) groups is 3. The highest BCUT2D eigenvalue weighted by Gasteiger charge is 2.82. The van der Waals surface area contributed by atoms with Gasteiger partial charge in [0.05, 0.1) is 11.0 Å². The largest absolute Gasteiger partial charge is 0.355 e. The van der Waals surface area contributed by atoms with E-state index in [1.54, 1.807) is 7.11 Å². The van der Waals surface area contributed by atoms with E-state index in [0.29, 0.717) is 18.6 Å². The second-order valence-corrected chi connectivity index (χ2v) is 11.1. The molecule has 154 valence electrons. The molecule has 7 unspecified atom stereocenters. The van der Waals surface area contributed by atoms with Crippen LogP contribution in [0.4, 0.5) is 0 Å². The monoisotopic (exact) mass is 388 g/mol. The molecule has 5 rings (SSSR count). The molecule has 0 amide bonds. The van der Waals surface area contributed by atoms with Crippen molar-refractivity contribution >= 4 is 17.3 Å². The molecule has 2 bridgehead atoms. The molecule has 4 aliphatic carbocycles. The van der Waals surface area contributed by atoms with Gasteiger partial charge < -0.3 is 9.47 Å². The molecule has 0 aromatic carbocycles. The van der Waals surface area contributed by atoms with E-state index >= 15 is 0 Å². The van der Waals surface area contributed by atoms with Gasteiger partial charge in [0.1, 0.15) is 17.3 Å². The average Bonchev–Trinajstić information content (AvgIpc) is 2.99. The van der Waals surface area contributed by atoms with Crippen LogP contribution in [-0.2, 0) is 23.9 Å². The normalized spacial score (nSPS) is 54.3. The summed E-state index contributed by atoms with van der Waals surface area (Å²) in [4.78, 5) is 39.6. The Morgan fingerprint density at radius 1 is 0.964 bits per heavy atom. The number of fused-ring (bicyclic) bond motifs is 2. The zero-order valence-corrected chi connectivity index (χ0v) is 17.7. The smallest absolute Gasteiger partial charge is 0.164 e. The highest BCUT2D eigenvalue weighted by molar-refractivity contribution is 5.94. The molecule has 0 N–H and O–H groups in total. The van der Waals surface area contributed by atoms with Crippen LogP contribution in [0.15, 0.2) is 0 Å². The van der Waals surface area contributed by atoms with Gasteiger partial charge in [-0.1, -0.05) is 27.7 Å². The second-order valence-electron chi connectivity index (χ2n) is 11.1. The molecule has 1 saturated heterocycles. The molecule has 4 saturated carbocycles. The van der Waals surface area contributed by atoms with Crippen molar-refractivity contribution in [3.05, 3.63) is 0 Å². The van der Waals surface area contributed by atoms with Crippen LogP contribution in [0, 0.1) is 33.5 Å². The predicted octanol–water partition coefficient (Wildman–Crippen LogP) is 3.48. The summed E-state index contributed by atoms with van der Waals surface area (Å²) in [7, 11) is 1.66. The van der Waals surface area contributed by atoms with E-state index in [4.69, 9.17) is 9.47 Å². The van der Waals surface area contributed by atoms with Crippen molar-refractivity contribution < 1.29 is 23.9 Å². The van der Waals surface area contributed by atoms with Gasteiger partial charge in [0.25, 0.3) is 0 Å². The lowest BCUT2D eigenvalue weighted by Crippen LogP contribution is -2.69. The highest BCUT2D eigenvalue weighted by atomic mass is 16.7. The van der Waals surface area contributed by atoms with Crippen LogP contribution in [0.5, 0.6) is 0 Å². The number of ether oxygens (including phenoxy) is 2. The summed E-state index contributed by atoms with van der Waals surface area (Å²) in [5.74, 6) is 0.560. The lowest BCUT2D eigenvalue weighted by molar-refractivity contribution is -0.219. The van der Waals surface area contributed by atoms with Crippen LogP contribution in [0.2, 0.25) is 0 Å². The molecule has 7 atom stereocenters. The third-order valence-electron chi connectivity index (χ3n) is 10.3. The summed E-state index contributed by atoms with van der Waals surface area (Å²) >= 11 is 0. The van der Waals surface area contributed by atoms with E-state index < -0.39 is 28.1 Å². The Kier molecular flexibility index (Phi) is 3.48. The number of rotatable bonds is 1. The van der Waals surface area contributed by atoms with E-state index in [1.807, 2.05) is 13.8 Å². The van der Waals surface area contributed by atoms with Crippen molar-refractivity contribution in [2.45, 2.75) is 84.5 Å². The number of ketones is 3. The van der Waals surface area contributed by atoms with Crippen LogP contribution in [0.1, 0.15) is 72.6 Å². The van der Waals surface area contributed by atoms with Crippen molar-refractivity contribution in [3.63, 3.8) is 0 Å². The molecule has 5 nitrogen and oxygen atoms in total. The number of carbonyl (C=O) groups excluding carboxylic acids is 3. The first-order valence-corrected chi connectivity index (χ1v) is 10.8. The van der Waals surface area contributed by atoms with Crippen LogP contribution < -0.4 is 0 Å². The number of Topliss-reactive ketones (excluding diaryl/α,β-unsaturated/α-hetero) is 3. The number of hydrogen-bond donors (Lipinski definition) is 0. The fourth-order valence-electron chi connectivity index (χ4n) is 8.52. The topological polar surface area (TPSA) is 69.7 Å². The highest BCUT2D eigenvalue weighted by Crippen LogP contribution is 2.77. The molecule has 28 heavy (non-hydrogen) atoms.